The summed E-state index contributed by atoms with van der Waals surface area (Å²) in [5, 5.41) is -0.736. The number of cyclic esters (lactones) is 1. The second-order valence-corrected chi connectivity index (χ2v) is 3.66. The lowest BCUT2D eigenvalue weighted by molar-refractivity contribution is -0.129. The van der Waals surface area contributed by atoms with Crippen LogP contribution in [-0.4, -0.2) is 48.6 Å². The number of amides is 2. The third-order valence-electron chi connectivity index (χ3n) is 1.90. The van der Waals surface area contributed by atoms with Crippen LogP contribution in [0.1, 0.15) is 6.92 Å². The minimum Gasteiger partial charge on any atom is -0.447 e. The Bertz CT molecular complexity index is 243. The van der Waals surface area contributed by atoms with Gasteiger partial charge in [0.25, 0.3) is 0 Å². The molecule has 5 nitrogen and oxygen atoms in total. The summed E-state index contributed by atoms with van der Waals surface area (Å²) in [6, 6.07) is -0.360. The molecular weight excluding hydrogens is 210 g/mol. The second-order valence-electron chi connectivity index (χ2n) is 3.01. The van der Waals surface area contributed by atoms with Crippen LogP contribution in [0.2, 0.25) is 0 Å². The number of carbonyl (C=O) groups is 2. The summed E-state index contributed by atoms with van der Waals surface area (Å²) in [7, 11) is 1.50. The van der Waals surface area contributed by atoms with Crippen LogP contribution in [0, 0.1) is 0 Å². The molecule has 0 N–H and O–H groups in total. The fourth-order valence-electron chi connectivity index (χ4n) is 1.24. The Morgan fingerprint density at radius 1 is 1.86 bits per heavy atom. The van der Waals surface area contributed by atoms with Crippen molar-refractivity contribution in [2.75, 3.05) is 20.3 Å². The average molecular weight is 222 g/mol. The van der Waals surface area contributed by atoms with Crippen molar-refractivity contribution in [3.63, 3.8) is 0 Å². The van der Waals surface area contributed by atoms with Gasteiger partial charge in [-0.1, -0.05) is 0 Å². The maximum Gasteiger partial charge on any atom is 0.417 e. The van der Waals surface area contributed by atoms with E-state index in [1.165, 1.54) is 14.0 Å². The molecule has 1 aliphatic heterocycles. The van der Waals surface area contributed by atoms with Gasteiger partial charge in [-0.05, 0) is 6.92 Å². The van der Waals surface area contributed by atoms with E-state index in [1.807, 2.05) is 0 Å². The van der Waals surface area contributed by atoms with E-state index in [0.717, 1.165) is 4.90 Å². The van der Waals surface area contributed by atoms with Gasteiger partial charge in [0.15, 0.2) is 0 Å². The van der Waals surface area contributed by atoms with Crippen molar-refractivity contribution >= 4 is 23.6 Å². The Morgan fingerprint density at radius 3 is 3.00 bits per heavy atom. The second kappa shape index (κ2) is 4.61. The van der Waals surface area contributed by atoms with E-state index < -0.39 is 17.4 Å². The molecule has 0 bridgehead atoms. The van der Waals surface area contributed by atoms with Crippen molar-refractivity contribution in [3.8, 4) is 0 Å². The number of hydrogen-bond acceptors (Lipinski definition) is 4. The van der Waals surface area contributed by atoms with Gasteiger partial charge in [-0.2, -0.15) is 0 Å². The Labute approximate surface area is 86.9 Å². The quantitative estimate of drug-likeness (QED) is 0.656. The highest BCUT2D eigenvalue weighted by molar-refractivity contribution is 6.31. The number of nitrogens with zero attached hydrogens (tertiary/aromatic N) is 1. The summed E-state index contributed by atoms with van der Waals surface area (Å²) in [6.07, 6.45) is -0.649. The average Bonchev–Trinajstić information content (AvgIpc) is 2.47. The van der Waals surface area contributed by atoms with E-state index in [0.29, 0.717) is 0 Å². The Hall–Kier alpha value is -0.810. The number of hydrogen-bond donors (Lipinski definition) is 0. The van der Waals surface area contributed by atoms with Gasteiger partial charge in [-0.3, -0.25) is 4.79 Å². The first kappa shape index (κ1) is 11.3. The van der Waals surface area contributed by atoms with Crippen LogP contribution in [0.25, 0.3) is 0 Å². The lowest BCUT2D eigenvalue weighted by Gasteiger charge is -2.19. The summed E-state index contributed by atoms with van der Waals surface area (Å²) in [5.74, 6) is -0.448. The zero-order chi connectivity index (χ0) is 10.7. The zero-order valence-corrected chi connectivity index (χ0v) is 8.78. The number of ether oxygens (including phenoxy) is 2. The topological polar surface area (TPSA) is 55.8 Å². The van der Waals surface area contributed by atoms with Crippen LogP contribution in [0.3, 0.4) is 0 Å². The van der Waals surface area contributed by atoms with Crippen molar-refractivity contribution < 1.29 is 19.1 Å². The van der Waals surface area contributed by atoms with Crippen molar-refractivity contribution in [2.24, 2.45) is 0 Å². The molecule has 1 saturated heterocycles. The number of rotatable bonds is 3. The van der Waals surface area contributed by atoms with Crippen molar-refractivity contribution in [1.82, 2.24) is 4.90 Å². The predicted octanol–water partition coefficient (Wildman–Crippen LogP) is 0.608. The highest BCUT2D eigenvalue weighted by atomic mass is 35.5. The van der Waals surface area contributed by atoms with E-state index in [2.05, 4.69) is 0 Å². The van der Waals surface area contributed by atoms with Gasteiger partial charge in [-0.15, -0.1) is 11.6 Å². The molecule has 2 atom stereocenters. The monoisotopic (exact) mass is 221 g/mol. The Balaban J connectivity index is 2.71. The Morgan fingerprint density at radius 2 is 2.50 bits per heavy atom. The van der Waals surface area contributed by atoms with E-state index in [-0.39, 0.29) is 19.3 Å². The van der Waals surface area contributed by atoms with Gasteiger partial charge < -0.3 is 9.47 Å². The predicted molar refractivity (Wildman–Crippen MR) is 49.2 cm³/mol. The molecule has 1 unspecified atom stereocenters. The van der Waals surface area contributed by atoms with Gasteiger partial charge >= 0.3 is 6.09 Å². The highest BCUT2D eigenvalue weighted by Crippen LogP contribution is 2.15. The largest absolute Gasteiger partial charge is 0.447 e. The van der Waals surface area contributed by atoms with Gasteiger partial charge in [-0.25, -0.2) is 9.69 Å². The molecule has 0 saturated carbocycles. The van der Waals surface area contributed by atoms with Crippen LogP contribution in [-0.2, 0) is 14.3 Å². The molecule has 1 fully saturated rings. The molecule has 0 aromatic carbocycles. The summed E-state index contributed by atoms with van der Waals surface area (Å²) >= 11 is 5.60. The maximum absolute atomic E-state index is 11.5. The van der Waals surface area contributed by atoms with E-state index in [1.54, 1.807) is 0 Å². The first-order valence-electron chi connectivity index (χ1n) is 4.20. The molecule has 0 aliphatic carbocycles. The first-order chi connectivity index (χ1) is 6.57. The standard InChI is InChI=1S/C8H12ClNO4/c1-5(9)7(11)10-6(3-13-2)4-14-8(10)12/h5-6H,3-4H2,1-2H3/t5?,6-/m0/s1. The third kappa shape index (κ3) is 2.16. The van der Waals surface area contributed by atoms with Crippen molar-refractivity contribution in [3.05, 3.63) is 0 Å². The van der Waals surface area contributed by atoms with E-state index in [9.17, 15) is 9.59 Å². The molecule has 14 heavy (non-hydrogen) atoms. The molecule has 1 aliphatic rings. The van der Waals surface area contributed by atoms with E-state index >= 15 is 0 Å². The minimum atomic E-state index is -0.736. The fraction of sp³-hybridized carbons (Fsp3) is 0.750. The normalized spacial score (nSPS) is 23.5. The number of methoxy groups -OCH3 is 1. The highest BCUT2D eigenvalue weighted by Gasteiger charge is 2.39. The number of carbonyl (C=O) groups excluding carboxylic acids is 2. The molecule has 1 rings (SSSR count). The summed E-state index contributed by atoms with van der Waals surface area (Å²) in [6.45, 7) is 1.95. The third-order valence-corrected chi connectivity index (χ3v) is 2.08. The molecule has 0 radical (unpaired) electrons. The van der Waals surface area contributed by atoms with Gasteiger partial charge in [0.1, 0.15) is 18.0 Å². The van der Waals surface area contributed by atoms with Gasteiger partial charge in [0.05, 0.1) is 6.61 Å². The molecule has 0 aromatic rings. The lowest BCUT2D eigenvalue weighted by Crippen LogP contribution is -2.44. The Kier molecular flexibility index (Phi) is 3.71. The SMILES string of the molecule is COC[C@H]1COC(=O)N1C(=O)C(C)Cl. The number of alkyl halides is 1. The first-order valence-corrected chi connectivity index (χ1v) is 4.64. The number of imide groups is 1. The summed E-state index contributed by atoms with van der Waals surface area (Å²) < 4.78 is 9.59. The molecule has 0 spiro atoms. The fourth-order valence-corrected chi connectivity index (χ4v) is 1.34. The van der Waals surface area contributed by atoms with Crippen molar-refractivity contribution in [1.29, 1.82) is 0 Å². The molecular formula is C8H12ClNO4. The van der Waals surface area contributed by atoms with E-state index in [4.69, 9.17) is 21.1 Å². The van der Waals surface area contributed by atoms with Crippen LogP contribution in [0.5, 0.6) is 0 Å². The maximum atomic E-state index is 11.5. The zero-order valence-electron chi connectivity index (χ0n) is 8.03. The van der Waals surface area contributed by atoms with Crippen LogP contribution < -0.4 is 0 Å². The van der Waals surface area contributed by atoms with Crippen LogP contribution in [0.15, 0.2) is 0 Å². The van der Waals surface area contributed by atoms with Crippen LogP contribution in [0.4, 0.5) is 4.79 Å². The molecule has 80 valence electrons. The van der Waals surface area contributed by atoms with Crippen molar-refractivity contribution in [2.45, 2.75) is 18.3 Å². The molecule has 1 heterocycles. The van der Waals surface area contributed by atoms with Crippen LogP contribution >= 0.6 is 11.6 Å². The number of halogens is 1. The molecule has 6 heteroatoms. The van der Waals surface area contributed by atoms with Gasteiger partial charge in [0.2, 0.25) is 5.91 Å². The smallest absolute Gasteiger partial charge is 0.417 e. The molecule has 2 amide bonds. The lowest BCUT2D eigenvalue weighted by atomic mass is 10.3. The minimum absolute atomic E-state index is 0.169. The summed E-state index contributed by atoms with van der Waals surface area (Å²) in [4.78, 5) is 23.7. The molecule has 0 aromatic heterocycles. The van der Waals surface area contributed by atoms with Gasteiger partial charge in [0, 0.05) is 7.11 Å². The summed E-state index contributed by atoms with van der Waals surface area (Å²) in [5.41, 5.74) is 0.